The van der Waals surface area contributed by atoms with Gasteiger partial charge in [0, 0.05) is 13.2 Å². The minimum atomic E-state index is -4.93. The van der Waals surface area contributed by atoms with Gasteiger partial charge in [-0.15, -0.1) is 0 Å². The van der Waals surface area contributed by atoms with Crippen LogP contribution in [0.2, 0.25) is 0 Å². The van der Waals surface area contributed by atoms with E-state index < -0.39 is 30.1 Å². The van der Waals surface area contributed by atoms with Crippen LogP contribution in [0.25, 0.3) is 0 Å². The molecule has 0 spiro atoms. The Morgan fingerprint density at radius 2 is 2.06 bits per heavy atom. The number of hydrogen-bond donors (Lipinski definition) is 2. The van der Waals surface area contributed by atoms with Gasteiger partial charge in [0.15, 0.2) is 0 Å². The summed E-state index contributed by atoms with van der Waals surface area (Å²) in [6, 6.07) is 0. The predicted molar refractivity (Wildman–Crippen MR) is 49.2 cm³/mol. The summed E-state index contributed by atoms with van der Waals surface area (Å²) in [6.45, 7) is -0.161. The quantitative estimate of drug-likeness (QED) is 0.772. The molecule has 1 amide bonds. The molecule has 0 radical (unpaired) electrons. The molecule has 1 heterocycles. The highest BCUT2D eigenvalue weighted by Crippen LogP contribution is 2.20. The molecule has 0 unspecified atom stereocenters. The number of rotatable bonds is 3. The van der Waals surface area contributed by atoms with Gasteiger partial charge in [-0.25, -0.2) is 0 Å². The van der Waals surface area contributed by atoms with Crippen LogP contribution in [0.5, 0.6) is 0 Å². The van der Waals surface area contributed by atoms with Crippen molar-refractivity contribution in [3.63, 3.8) is 0 Å². The molecule has 0 saturated carbocycles. The smallest absolute Gasteiger partial charge is 0.471 e. The Bertz CT molecular complexity index is 305. The molecule has 1 saturated heterocycles. The number of amides is 1. The molecular weight excluding hydrogens is 243 g/mol. The van der Waals surface area contributed by atoms with E-state index in [1.165, 1.54) is 0 Å². The highest BCUT2D eigenvalue weighted by Gasteiger charge is 2.39. The molecule has 1 fully saturated rings. The maximum atomic E-state index is 11.9. The van der Waals surface area contributed by atoms with Crippen LogP contribution in [0.15, 0.2) is 0 Å². The average molecular weight is 255 g/mol. The van der Waals surface area contributed by atoms with Gasteiger partial charge in [0.1, 0.15) is 0 Å². The second kappa shape index (κ2) is 5.35. The van der Waals surface area contributed by atoms with Crippen LogP contribution >= 0.6 is 0 Å². The lowest BCUT2D eigenvalue weighted by Crippen LogP contribution is -2.43. The highest BCUT2D eigenvalue weighted by molar-refractivity contribution is 5.81. The first-order valence-electron chi connectivity index (χ1n) is 5.00. The zero-order chi connectivity index (χ0) is 13.1. The number of carbonyl (C=O) groups is 2. The van der Waals surface area contributed by atoms with E-state index in [-0.39, 0.29) is 19.6 Å². The van der Waals surface area contributed by atoms with Crippen LogP contribution in [0.3, 0.4) is 0 Å². The second-order valence-corrected chi connectivity index (χ2v) is 3.76. The van der Waals surface area contributed by atoms with Crippen LogP contribution in [0.4, 0.5) is 13.2 Å². The van der Waals surface area contributed by atoms with E-state index in [0.717, 1.165) is 0 Å². The Kier molecular flexibility index (Phi) is 4.33. The summed E-state index contributed by atoms with van der Waals surface area (Å²) in [5, 5.41) is 10.4. The molecule has 0 aromatic heterocycles. The van der Waals surface area contributed by atoms with E-state index >= 15 is 0 Å². The molecule has 0 bridgehead atoms. The Morgan fingerprint density at radius 3 is 2.59 bits per heavy atom. The molecular formula is C9H12F3NO4. The number of halogens is 3. The van der Waals surface area contributed by atoms with Crippen LogP contribution in [-0.2, 0) is 14.3 Å². The van der Waals surface area contributed by atoms with Crippen molar-refractivity contribution in [2.75, 3.05) is 13.2 Å². The Hall–Kier alpha value is -1.31. The van der Waals surface area contributed by atoms with E-state index in [1.54, 1.807) is 5.32 Å². The van der Waals surface area contributed by atoms with Gasteiger partial charge in [-0.3, -0.25) is 9.59 Å². The third-order valence-corrected chi connectivity index (χ3v) is 2.46. The summed E-state index contributed by atoms with van der Waals surface area (Å²) in [6.07, 6.45) is -5.18. The Balaban J connectivity index is 2.37. The third kappa shape index (κ3) is 4.22. The number of alkyl halides is 3. The fourth-order valence-electron chi connectivity index (χ4n) is 1.55. The van der Waals surface area contributed by atoms with Gasteiger partial charge in [0.2, 0.25) is 0 Å². The van der Waals surface area contributed by atoms with Crippen LogP contribution in [0, 0.1) is 5.92 Å². The number of ether oxygens (including phenoxy) is 1. The molecule has 1 aliphatic rings. The normalized spacial score (nSPS) is 25.4. The molecule has 5 nitrogen and oxygen atoms in total. The summed E-state index contributed by atoms with van der Waals surface area (Å²) in [5.41, 5.74) is 0. The Labute approximate surface area is 94.9 Å². The molecule has 2 atom stereocenters. The lowest BCUT2D eigenvalue weighted by molar-refractivity contribution is -0.174. The molecule has 0 aromatic rings. The van der Waals surface area contributed by atoms with Crippen molar-refractivity contribution >= 4 is 11.9 Å². The van der Waals surface area contributed by atoms with Crippen molar-refractivity contribution in [3.05, 3.63) is 0 Å². The standard InChI is InChI=1S/C9H12F3NO4/c10-9(11,12)8(16)13-4-6-3-5(7(14)15)1-2-17-6/h5-6H,1-4H2,(H,13,16)(H,14,15)/t5-,6+/m1/s1. The zero-order valence-corrected chi connectivity index (χ0v) is 8.79. The van der Waals surface area contributed by atoms with Crippen molar-refractivity contribution in [2.24, 2.45) is 5.92 Å². The first kappa shape index (κ1) is 13.8. The fourth-order valence-corrected chi connectivity index (χ4v) is 1.55. The molecule has 98 valence electrons. The molecule has 17 heavy (non-hydrogen) atoms. The zero-order valence-electron chi connectivity index (χ0n) is 8.79. The van der Waals surface area contributed by atoms with Gasteiger partial charge < -0.3 is 15.2 Å². The minimum Gasteiger partial charge on any atom is -0.481 e. The van der Waals surface area contributed by atoms with E-state index in [4.69, 9.17) is 9.84 Å². The predicted octanol–water partition coefficient (Wildman–Crippen LogP) is 0.545. The molecule has 1 aliphatic heterocycles. The van der Waals surface area contributed by atoms with Crippen molar-refractivity contribution < 1.29 is 32.6 Å². The van der Waals surface area contributed by atoms with Gasteiger partial charge in [-0.05, 0) is 12.8 Å². The largest absolute Gasteiger partial charge is 0.481 e. The maximum Gasteiger partial charge on any atom is 0.471 e. The van der Waals surface area contributed by atoms with Crippen molar-refractivity contribution in [1.29, 1.82) is 0 Å². The van der Waals surface area contributed by atoms with E-state index in [1.807, 2.05) is 0 Å². The van der Waals surface area contributed by atoms with Crippen molar-refractivity contribution in [1.82, 2.24) is 5.32 Å². The van der Waals surface area contributed by atoms with Crippen molar-refractivity contribution in [3.8, 4) is 0 Å². The fraction of sp³-hybridized carbons (Fsp3) is 0.778. The van der Waals surface area contributed by atoms with Gasteiger partial charge in [0.25, 0.3) is 0 Å². The number of hydrogen-bond acceptors (Lipinski definition) is 3. The number of aliphatic carboxylic acids is 1. The monoisotopic (exact) mass is 255 g/mol. The van der Waals surface area contributed by atoms with E-state index in [9.17, 15) is 22.8 Å². The molecule has 1 rings (SSSR count). The van der Waals surface area contributed by atoms with Gasteiger partial charge in [-0.2, -0.15) is 13.2 Å². The lowest BCUT2D eigenvalue weighted by Gasteiger charge is -2.27. The first-order valence-corrected chi connectivity index (χ1v) is 5.00. The number of carbonyl (C=O) groups excluding carboxylic acids is 1. The minimum absolute atomic E-state index is 0.105. The average Bonchev–Trinajstić information content (AvgIpc) is 2.25. The maximum absolute atomic E-state index is 11.9. The first-order chi connectivity index (χ1) is 7.80. The summed E-state index contributed by atoms with van der Waals surface area (Å²) >= 11 is 0. The van der Waals surface area contributed by atoms with Gasteiger partial charge >= 0.3 is 18.1 Å². The van der Waals surface area contributed by atoms with Crippen LogP contribution in [-0.4, -0.2) is 42.4 Å². The molecule has 8 heteroatoms. The molecule has 0 aromatic carbocycles. The summed E-state index contributed by atoms with van der Waals surface area (Å²) in [4.78, 5) is 21.2. The number of nitrogens with one attached hydrogen (secondary N) is 1. The van der Waals surface area contributed by atoms with Gasteiger partial charge in [-0.1, -0.05) is 0 Å². The van der Waals surface area contributed by atoms with E-state index in [2.05, 4.69) is 0 Å². The summed E-state index contributed by atoms with van der Waals surface area (Å²) < 4.78 is 40.7. The SMILES string of the molecule is O=C(O)[C@@H]1CCO[C@H](CNC(=O)C(F)(F)F)C1. The third-order valence-electron chi connectivity index (χ3n) is 2.46. The topological polar surface area (TPSA) is 75.6 Å². The highest BCUT2D eigenvalue weighted by atomic mass is 19.4. The summed E-state index contributed by atoms with van der Waals surface area (Å²) in [7, 11) is 0. The number of carboxylic acids is 1. The molecule has 0 aliphatic carbocycles. The Morgan fingerprint density at radius 1 is 1.41 bits per heavy atom. The second-order valence-electron chi connectivity index (χ2n) is 3.76. The lowest BCUT2D eigenvalue weighted by atomic mass is 9.96. The number of carboxylic acid groups (broad SMARTS) is 1. The van der Waals surface area contributed by atoms with Crippen LogP contribution < -0.4 is 5.32 Å². The molecule has 2 N–H and O–H groups in total. The summed E-state index contributed by atoms with van der Waals surface area (Å²) in [5.74, 6) is -3.67. The van der Waals surface area contributed by atoms with Crippen LogP contribution in [0.1, 0.15) is 12.8 Å². The van der Waals surface area contributed by atoms with Crippen molar-refractivity contribution in [2.45, 2.75) is 25.1 Å². The van der Waals surface area contributed by atoms with Gasteiger partial charge in [0.05, 0.1) is 12.0 Å². The van der Waals surface area contributed by atoms with E-state index in [0.29, 0.717) is 6.42 Å².